The summed E-state index contributed by atoms with van der Waals surface area (Å²) in [5.74, 6) is -3.12. The minimum atomic E-state index is -1.19. The summed E-state index contributed by atoms with van der Waals surface area (Å²) in [4.78, 5) is 22.0. The third kappa shape index (κ3) is 3.24. The number of carboxylic acids is 1. The normalized spacial score (nSPS) is 11.9. The Morgan fingerprint density at radius 3 is 2.38 bits per heavy atom. The van der Waals surface area contributed by atoms with Gasteiger partial charge in [0.2, 0.25) is 0 Å². The van der Waals surface area contributed by atoms with E-state index in [1.807, 2.05) is 0 Å². The van der Waals surface area contributed by atoms with Gasteiger partial charge in [0.25, 0.3) is 0 Å². The van der Waals surface area contributed by atoms with Crippen LogP contribution in [-0.4, -0.2) is 24.2 Å². The van der Waals surface area contributed by atoms with Crippen molar-refractivity contribution < 1.29 is 19.4 Å². The number of ether oxygens (including phenoxy) is 1. The van der Waals surface area contributed by atoms with Crippen molar-refractivity contribution in [3.05, 3.63) is 34.9 Å². The fraction of sp³-hybridized carbons (Fsp3) is 0.273. The molecule has 1 aromatic rings. The Morgan fingerprint density at radius 2 is 1.94 bits per heavy atom. The lowest BCUT2D eigenvalue weighted by Crippen LogP contribution is -2.27. The first-order valence-electron chi connectivity index (χ1n) is 4.59. The molecule has 0 amide bonds. The van der Waals surface area contributed by atoms with E-state index in [1.54, 1.807) is 24.3 Å². The highest BCUT2D eigenvalue weighted by Gasteiger charge is 2.27. The largest absolute Gasteiger partial charge is 0.481 e. The maximum Gasteiger partial charge on any atom is 0.320 e. The summed E-state index contributed by atoms with van der Waals surface area (Å²) in [5.41, 5.74) is 0.724. The number of rotatable bonds is 4. The van der Waals surface area contributed by atoms with Gasteiger partial charge in [-0.15, -0.1) is 0 Å². The zero-order chi connectivity index (χ0) is 12.1. The molecule has 0 spiro atoms. The molecule has 1 atom stereocenters. The van der Waals surface area contributed by atoms with E-state index in [4.69, 9.17) is 16.7 Å². The molecule has 86 valence electrons. The van der Waals surface area contributed by atoms with E-state index in [1.165, 1.54) is 7.11 Å². The predicted octanol–water partition coefficient (Wildman–Crippen LogP) is 1.76. The fourth-order valence-electron chi connectivity index (χ4n) is 1.27. The van der Waals surface area contributed by atoms with Crippen molar-refractivity contribution in [3.8, 4) is 0 Å². The van der Waals surface area contributed by atoms with Crippen LogP contribution in [-0.2, 0) is 20.7 Å². The van der Waals surface area contributed by atoms with E-state index in [9.17, 15) is 9.59 Å². The van der Waals surface area contributed by atoms with E-state index in [0.717, 1.165) is 5.56 Å². The van der Waals surface area contributed by atoms with Crippen LogP contribution in [0.4, 0.5) is 0 Å². The van der Waals surface area contributed by atoms with Crippen molar-refractivity contribution in [1.29, 1.82) is 0 Å². The molecule has 0 aliphatic carbocycles. The summed E-state index contributed by atoms with van der Waals surface area (Å²) in [6.07, 6.45) is 0.0964. The minimum absolute atomic E-state index is 0.0964. The molecule has 0 saturated carbocycles. The molecule has 0 aromatic heterocycles. The summed E-state index contributed by atoms with van der Waals surface area (Å²) in [6, 6.07) is 6.66. The van der Waals surface area contributed by atoms with E-state index in [2.05, 4.69) is 4.74 Å². The van der Waals surface area contributed by atoms with Gasteiger partial charge in [0, 0.05) is 5.02 Å². The Morgan fingerprint density at radius 1 is 1.38 bits per heavy atom. The molecule has 0 bridgehead atoms. The molecular weight excluding hydrogens is 232 g/mol. The molecule has 16 heavy (non-hydrogen) atoms. The van der Waals surface area contributed by atoms with Gasteiger partial charge in [-0.05, 0) is 24.1 Å². The second-order valence-electron chi connectivity index (χ2n) is 3.24. The second kappa shape index (κ2) is 5.51. The highest BCUT2D eigenvalue weighted by molar-refractivity contribution is 6.30. The standard InChI is InChI=1S/C11H11ClO4/c1-16-11(15)9(10(13)14)6-7-2-4-8(12)5-3-7/h2-5,9H,6H2,1H3,(H,13,14). The van der Waals surface area contributed by atoms with E-state index in [0.29, 0.717) is 5.02 Å². The Balaban J connectivity index is 2.80. The minimum Gasteiger partial charge on any atom is -0.481 e. The molecule has 0 aliphatic rings. The van der Waals surface area contributed by atoms with Crippen LogP contribution in [0.2, 0.25) is 5.02 Å². The zero-order valence-electron chi connectivity index (χ0n) is 8.64. The summed E-state index contributed by atoms with van der Waals surface area (Å²) in [7, 11) is 1.17. The lowest BCUT2D eigenvalue weighted by atomic mass is 10.00. The highest BCUT2D eigenvalue weighted by Crippen LogP contribution is 2.14. The number of aliphatic carboxylic acids is 1. The maximum atomic E-state index is 11.2. The van der Waals surface area contributed by atoms with Crippen LogP contribution in [0.5, 0.6) is 0 Å². The predicted molar refractivity (Wildman–Crippen MR) is 58.3 cm³/mol. The Labute approximate surface area is 97.8 Å². The Bertz CT molecular complexity index is 385. The lowest BCUT2D eigenvalue weighted by molar-refractivity contribution is -0.156. The summed E-state index contributed by atoms with van der Waals surface area (Å²) in [5, 5.41) is 9.43. The monoisotopic (exact) mass is 242 g/mol. The Kier molecular flexibility index (Phi) is 4.31. The smallest absolute Gasteiger partial charge is 0.320 e. The van der Waals surface area contributed by atoms with Crippen LogP contribution in [0.25, 0.3) is 0 Å². The lowest BCUT2D eigenvalue weighted by Gasteiger charge is -2.09. The van der Waals surface area contributed by atoms with Gasteiger partial charge < -0.3 is 9.84 Å². The first kappa shape index (κ1) is 12.5. The molecule has 1 N–H and O–H groups in total. The number of carbonyl (C=O) groups excluding carboxylic acids is 1. The van der Waals surface area contributed by atoms with Crippen LogP contribution in [0.3, 0.4) is 0 Å². The molecule has 0 heterocycles. The number of halogens is 1. The van der Waals surface area contributed by atoms with Crippen LogP contribution in [0.1, 0.15) is 5.56 Å². The maximum absolute atomic E-state index is 11.2. The number of benzene rings is 1. The number of hydrogen-bond acceptors (Lipinski definition) is 3. The number of carboxylic acid groups (broad SMARTS) is 1. The van der Waals surface area contributed by atoms with Gasteiger partial charge in [-0.25, -0.2) is 0 Å². The molecule has 1 aromatic carbocycles. The molecule has 0 saturated heterocycles. The topological polar surface area (TPSA) is 63.6 Å². The summed E-state index contributed by atoms with van der Waals surface area (Å²) < 4.78 is 4.42. The molecule has 1 rings (SSSR count). The van der Waals surface area contributed by atoms with Crippen LogP contribution < -0.4 is 0 Å². The van der Waals surface area contributed by atoms with Crippen molar-refractivity contribution in [2.75, 3.05) is 7.11 Å². The molecule has 4 nitrogen and oxygen atoms in total. The summed E-state index contributed by atoms with van der Waals surface area (Å²) >= 11 is 5.69. The van der Waals surface area contributed by atoms with Crippen molar-refractivity contribution in [1.82, 2.24) is 0 Å². The first-order valence-corrected chi connectivity index (χ1v) is 4.97. The van der Waals surface area contributed by atoms with Crippen LogP contribution in [0, 0.1) is 5.92 Å². The highest BCUT2D eigenvalue weighted by atomic mass is 35.5. The van der Waals surface area contributed by atoms with Gasteiger partial charge in [0.05, 0.1) is 7.11 Å². The van der Waals surface area contributed by atoms with Gasteiger partial charge in [-0.2, -0.15) is 0 Å². The zero-order valence-corrected chi connectivity index (χ0v) is 9.40. The molecule has 0 radical (unpaired) electrons. The molecule has 0 fully saturated rings. The first-order chi connectivity index (χ1) is 7.54. The van der Waals surface area contributed by atoms with Crippen LogP contribution >= 0.6 is 11.6 Å². The van der Waals surface area contributed by atoms with Gasteiger partial charge in [0.1, 0.15) is 0 Å². The number of hydrogen-bond donors (Lipinski definition) is 1. The number of esters is 1. The number of methoxy groups -OCH3 is 1. The SMILES string of the molecule is COC(=O)C(Cc1ccc(Cl)cc1)C(=O)O. The molecule has 5 heteroatoms. The fourth-order valence-corrected chi connectivity index (χ4v) is 1.40. The average molecular weight is 243 g/mol. The van der Waals surface area contributed by atoms with Gasteiger partial charge in [-0.3, -0.25) is 9.59 Å². The van der Waals surface area contributed by atoms with E-state index < -0.39 is 17.9 Å². The number of carbonyl (C=O) groups is 2. The van der Waals surface area contributed by atoms with Gasteiger partial charge in [0.15, 0.2) is 5.92 Å². The van der Waals surface area contributed by atoms with Gasteiger partial charge >= 0.3 is 11.9 Å². The van der Waals surface area contributed by atoms with E-state index in [-0.39, 0.29) is 6.42 Å². The summed E-state index contributed by atoms with van der Waals surface area (Å²) in [6.45, 7) is 0. The van der Waals surface area contributed by atoms with Crippen molar-refractivity contribution in [3.63, 3.8) is 0 Å². The molecular formula is C11H11ClO4. The van der Waals surface area contributed by atoms with Crippen molar-refractivity contribution in [2.45, 2.75) is 6.42 Å². The second-order valence-corrected chi connectivity index (χ2v) is 3.68. The van der Waals surface area contributed by atoms with Gasteiger partial charge in [-0.1, -0.05) is 23.7 Å². The Hall–Kier alpha value is -1.55. The third-order valence-corrected chi connectivity index (χ3v) is 2.39. The average Bonchev–Trinajstić information content (AvgIpc) is 2.27. The molecule has 0 aliphatic heterocycles. The van der Waals surface area contributed by atoms with Crippen molar-refractivity contribution >= 4 is 23.5 Å². The van der Waals surface area contributed by atoms with Crippen LogP contribution in [0.15, 0.2) is 24.3 Å². The quantitative estimate of drug-likeness (QED) is 0.646. The van der Waals surface area contributed by atoms with Crippen molar-refractivity contribution in [2.24, 2.45) is 5.92 Å². The third-order valence-electron chi connectivity index (χ3n) is 2.14. The van der Waals surface area contributed by atoms with E-state index >= 15 is 0 Å². The molecule has 1 unspecified atom stereocenters.